The number of aryl methyl sites for hydroxylation is 1. The summed E-state index contributed by atoms with van der Waals surface area (Å²) in [6, 6.07) is 8.87. The summed E-state index contributed by atoms with van der Waals surface area (Å²) in [4.78, 5) is 22.4. The van der Waals surface area contributed by atoms with Gasteiger partial charge in [-0.3, -0.25) is 14.9 Å². The molecule has 1 aromatic carbocycles. The summed E-state index contributed by atoms with van der Waals surface area (Å²) in [5, 5.41) is 13.5. The number of benzene rings is 1. The lowest BCUT2D eigenvalue weighted by atomic mass is 10.2. The lowest BCUT2D eigenvalue weighted by Gasteiger charge is -2.07. The Labute approximate surface area is 130 Å². The quantitative estimate of drug-likeness (QED) is 0.664. The highest BCUT2D eigenvalue weighted by Crippen LogP contribution is 2.17. The highest BCUT2D eigenvalue weighted by atomic mass is 79.9. The Morgan fingerprint density at radius 3 is 2.81 bits per heavy atom. The van der Waals surface area contributed by atoms with Gasteiger partial charge in [-0.15, -0.1) is 0 Å². The molecule has 0 unspecified atom stereocenters. The molecule has 21 heavy (non-hydrogen) atoms. The predicted molar refractivity (Wildman–Crippen MR) is 82.1 cm³/mol. The first-order chi connectivity index (χ1) is 10.0. The maximum Gasteiger partial charge on any atom is 0.287 e. The third kappa shape index (κ3) is 3.69. The summed E-state index contributed by atoms with van der Waals surface area (Å²) in [7, 11) is 0. The smallest absolute Gasteiger partial charge is 0.287 e. The molecule has 0 aliphatic carbocycles. The molecule has 0 spiro atoms. The molecule has 2 rings (SSSR count). The Bertz CT molecular complexity index is 682. The summed E-state index contributed by atoms with van der Waals surface area (Å²) in [5.74, 6) is -0.329. The number of nitrogens with zero attached hydrogens (tertiary/aromatic N) is 2. The van der Waals surface area contributed by atoms with Crippen LogP contribution in [-0.4, -0.2) is 15.4 Å². The minimum atomic E-state index is -0.503. The molecule has 7 heteroatoms. The molecule has 1 amide bonds. The molecule has 0 fully saturated rings. The van der Waals surface area contributed by atoms with E-state index in [0.29, 0.717) is 18.8 Å². The van der Waals surface area contributed by atoms with Crippen LogP contribution < -0.4 is 5.32 Å². The van der Waals surface area contributed by atoms with Gasteiger partial charge in [0.1, 0.15) is 5.69 Å². The van der Waals surface area contributed by atoms with E-state index in [-0.39, 0.29) is 11.6 Å². The molecule has 110 valence electrons. The Kier molecular flexibility index (Phi) is 4.74. The van der Waals surface area contributed by atoms with E-state index in [2.05, 4.69) is 21.2 Å². The van der Waals surface area contributed by atoms with Crippen LogP contribution in [-0.2, 0) is 13.1 Å². The fourth-order valence-corrected chi connectivity index (χ4v) is 2.41. The number of nitro groups is 1. The number of aromatic nitrogens is 1. The Hall–Kier alpha value is -2.15. The largest absolute Gasteiger partial charge is 0.347 e. The second kappa shape index (κ2) is 6.53. The maximum absolute atomic E-state index is 12.2. The molecule has 0 saturated carbocycles. The lowest BCUT2D eigenvalue weighted by Crippen LogP contribution is -2.25. The van der Waals surface area contributed by atoms with Gasteiger partial charge in [0.2, 0.25) is 0 Å². The molecule has 0 bridgehead atoms. The third-order valence-electron chi connectivity index (χ3n) is 3.01. The predicted octanol–water partition coefficient (Wildman–Crippen LogP) is 3.11. The minimum absolute atomic E-state index is 0.0792. The van der Waals surface area contributed by atoms with Crippen molar-refractivity contribution in [1.82, 2.24) is 9.88 Å². The highest BCUT2D eigenvalue weighted by Gasteiger charge is 2.18. The fourth-order valence-electron chi connectivity index (χ4n) is 1.97. The van der Waals surface area contributed by atoms with Crippen molar-refractivity contribution in [2.24, 2.45) is 0 Å². The van der Waals surface area contributed by atoms with Gasteiger partial charge in [-0.1, -0.05) is 28.1 Å². The second-order valence-electron chi connectivity index (χ2n) is 4.44. The van der Waals surface area contributed by atoms with Crippen molar-refractivity contribution in [3.63, 3.8) is 0 Å². The molecular formula is C14H14BrN3O3. The van der Waals surface area contributed by atoms with E-state index in [1.807, 2.05) is 31.2 Å². The fraction of sp³-hybridized carbons (Fsp3) is 0.214. The Balaban J connectivity index is 2.11. The first-order valence-corrected chi connectivity index (χ1v) is 7.17. The van der Waals surface area contributed by atoms with Crippen LogP contribution in [0.15, 0.2) is 41.0 Å². The van der Waals surface area contributed by atoms with Gasteiger partial charge in [0.05, 0.1) is 11.1 Å². The van der Waals surface area contributed by atoms with Crippen LogP contribution >= 0.6 is 15.9 Å². The molecule has 2 aromatic rings. The van der Waals surface area contributed by atoms with Gasteiger partial charge in [0.15, 0.2) is 0 Å². The van der Waals surface area contributed by atoms with E-state index in [1.165, 1.54) is 12.3 Å². The normalized spacial score (nSPS) is 10.4. The molecule has 0 atom stereocenters. The van der Waals surface area contributed by atoms with E-state index in [4.69, 9.17) is 0 Å². The summed E-state index contributed by atoms with van der Waals surface area (Å²) < 4.78 is 2.50. The van der Waals surface area contributed by atoms with Crippen LogP contribution in [0.1, 0.15) is 23.0 Å². The summed E-state index contributed by atoms with van der Waals surface area (Å²) in [6.07, 6.45) is 1.37. The number of hydrogen-bond acceptors (Lipinski definition) is 3. The first kappa shape index (κ1) is 15.2. The number of carbonyl (C=O) groups excluding carboxylic acids is 1. The van der Waals surface area contributed by atoms with Crippen molar-refractivity contribution < 1.29 is 9.72 Å². The van der Waals surface area contributed by atoms with Crippen LogP contribution in [0.25, 0.3) is 0 Å². The topological polar surface area (TPSA) is 77.2 Å². The van der Waals surface area contributed by atoms with Crippen molar-refractivity contribution in [3.05, 3.63) is 62.4 Å². The zero-order valence-electron chi connectivity index (χ0n) is 11.4. The molecule has 0 aliphatic rings. The number of amides is 1. The van der Waals surface area contributed by atoms with Gasteiger partial charge in [0, 0.05) is 23.6 Å². The summed E-state index contributed by atoms with van der Waals surface area (Å²) >= 11 is 3.36. The van der Waals surface area contributed by atoms with E-state index in [0.717, 1.165) is 10.0 Å². The van der Waals surface area contributed by atoms with Gasteiger partial charge >= 0.3 is 0 Å². The van der Waals surface area contributed by atoms with Crippen LogP contribution in [0.3, 0.4) is 0 Å². The Morgan fingerprint density at radius 2 is 2.19 bits per heavy atom. The zero-order chi connectivity index (χ0) is 15.4. The van der Waals surface area contributed by atoms with Crippen molar-refractivity contribution in [3.8, 4) is 0 Å². The number of rotatable bonds is 5. The van der Waals surface area contributed by atoms with Gasteiger partial charge in [-0.05, 0) is 24.6 Å². The molecule has 1 aromatic heterocycles. The summed E-state index contributed by atoms with van der Waals surface area (Å²) in [6.45, 7) is 2.68. The Morgan fingerprint density at radius 1 is 1.43 bits per heavy atom. The number of halogens is 1. The SMILES string of the molecule is CCn1cc([N+](=O)[O-])cc1C(=O)NCc1cccc(Br)c1. The third-order valence-corrected chi connectivity index (χ3v) is 3.50. The number of hydrogen-bond donors (Lipinski definition) is 1. The van der Waals surface area contributed by atoms with Crippen molar-refractivity contribution in [2.45, 2.75) is 20.0 Å². The molecule has 1 heterocycles. The average molecular weight is 352 g/mol. The number of nitrogens with one attached hydrogen (secondary N) is 1. The molecule has 1 N–H and O–H groups in total. The van der Waals surface area contributed by atoms with Crippen molar-refractivity contribution in [1.29, 1.82) is 0 Å². The van der Waals surface area contributed by atoms with E-state index < -0.39 is 4.92 Å². The molecule has 0 saturated heterocycles. The zero-order valence-corrected chi connectivity index (χ0v) is 13.0. The van der Waals surface area contributed by atoms with Gasteiger partial charge in [-0.25, -0.2) is 0 Å². The van der Waals surface area contributed by atoms with E-state index in [9.17, 15) is 14.9 Å². The van der Waals surface area contributed by atoms with Crippen molar-refractivity contribution in [2.75, 3.05) is 0 Å². The van der Waals surface area contributed by atoms with Crippen molar-refractivity contribution >= 4 is 27.5 Å². The van der Waals surface area contributed by atoms with Crippen LogP contribution in [0.4, 0.5) is 5.69 Å². The van der Waals surface area contributed by atoms with E-state index >= 15 is 0 Å². The maximum atomic E-state index is 12.2. The molecular weight excluding hydrogens is 338 g/mol. The minimum Gasteiger partial charge on any atom is -0.347 e. The van der Waals surface area contributed by atoms with Gasteiger partial charge in [0.25, 0.3) is 11.6 Å². The highest BCUT2D eigenvalue weighted by molar-refractivity contribution is 9.10. The molecule has 0 radical (unpaired) electrons. The molecule has 0 aliphatic heterocycles. The number of carbonyl (C=O) groups is 1. The lowest BCUT2D eigenvalue weighted by molar-refractivity contribution is -0.384. The van der Waals surface area contributed by atoms with Gasteiger partial charge < -0.3 is 9.88 Å². The molecule has 6 nitrogen and oxygen atoms in total. The summed E-state index contributed by atoms with van der Waals surface area (Å²) in [5.41, 5.74) is 1.16. The standard InChI is InChI=1S/C14H14BrN3O3/c1-2-17-9-12(18(20)21)7-13(17)14(19)16-8-10-4-3-5-11(15)6-10/h3-7,9H,2,8H2,1H3,(H,16,19). The average Bonchev–Trinajstić information content (AvgIpc) is 2.89. The van der Waals surface area contributed by atoms with Crippen LogP contribution in [0.5, 0.6) is 0 Å². The van der Waals surface area contributed by atoms with Gasteiger partial charge in [-0.2, -0.15) is 0 Å². The van der Waals surface area contributed by atoms with Crippen LogP contribution in [0, 0.1) is 10.1 Å². The monoisotopic (exact) mass is 351 g/mol. The second-order valence-corrected chi connectivity index (χ2v) is 5.35. The van der Waals surface area contributed by atoms with Crippen LogP contribution in [0.2, 0.25) is 0 Å². The first-order valence-electron chi connectivity index (χ1n) is 6.38. The van der Waals surface area contributed by atoms with E-state index in [1.54, 1.807) is 4.57 Å².